The van der Waals surface area contributed by atoms with Crippen LogP contribution in [-0.2, 0) is 10.0 Å². The van der Waals surface area contributed by atoms with Crippen molar-refractivity contribution < 1.29 is 31.1 Å². The molecule has 1 aromatic carbocycles. The smallest absolute Gasteiger partial charge is 0.518 e. The molecule has 10 heteroatoms. The molecule has 0 heterocycles. The van der Waals surface area contributed by atoms with E-state index in [1.54, 1.807) is 0 Å². The van der Waals surface area contributed by atoms with E-state index in [0.29, 0.717) is 6.07 Å². The van der Waals surface area contributed by atoms with Crippen LogP contribution in [0, 0.1) is 5.82 Å². The first-order valence-corrected chi connectivity index (χ1v) is 5.62. The van der Waals surface area contributed by atoms with Gasteiger partial charge in [-0.2, -0.15) is 26.0 Å². The van der Waals surface area contributed by atoms with Gasteiger partial charge in [-0.05, 0) is 18.2 Å². The number of benzene rings is 1. The number of nitrogen functional groups attached to an aromatic ring is 1. The molecule has 0 spiro atoms. The van der Waals surface area contributed by atoms with Crippen molar-refractivity contribution in [3.05, 3.63) is 29.6 Å². The van der Waals surface area contributed by atoms with Crippen LogP contribution in [-0.4, -0.2) is 19.8 Å². The molecule has 100 valence electrons. The summed E-state index contributed by atoms with van der Waals surface area (Å²) in [5.41, 5.74) is -1.68. The quantitative estimate of drug-likeness (QED) is 0.367. The van der Waals surface area contributed by atoms with Crippen molar-refractivity contribution in [1.29, 1.82) is 0 Å². The number of sulfonamides is 1. The van der Waals surface area contributed by atoms with Crippen LogP contribution in [0.25, 0.3) is 0 Å². The number of anilines is 1. The summed E-state index contributed by atoms with van der Waals surface area (Å²) in [5.74, 6) is -2.55. The van der Waals surface area contributed by atoms with Gasteiger partial charge in [0.05, 0.1) is 0 Å². The van der Waals surface area contributed by atoms with Gasteiger partial charge in [0, 0.05) is 17.1 Å². The fourth-order valence-electron chi connectivity index (χ4n) is 0.938. The molecule has 0 fully saturated rings. The lowest BCUT2D eigenvalue weighted by molar-refractivity contribution is -0.212. The molecule has 5 nitrogen and oxygen atoms in total. The summed E-state index contributed by atoms with van der Waals surface area (Å²) in [7, 11) is -5.95. The van der Waals surface area contributed by atoms with E-state index in [-0.39, 0.29) is 0 Å². The topological polar surface area (TPSA) is 95.6 Å². The van der Waals surface area contributed by atoms with Crippen LogP contribution in [0.5, 0.6) is 0 Å². The van der Waals surface area contributed by atoms with Crippen molar-refractivity contribution >= 4 is 21.6 Å². The summed E-state index contributed by atoms with van der Waals surface area (Å²) in [4.78, 5) is 0. The lowest BCUT2D eigenvalue weighted by Crippen LogP contribution is -2.27. The second kappa shape index (κ2) is 4.44. The molecule has 0 atom stereocenters. The minimum absolute atomic E-state index is 0.513. The van der Waals surface area contributed by atoms with Gasteiger partial charge in [-0.15, -0.1) is 0 Å². The van der Waals surface area contributed by atoms with E-state index in [4.69, 9.17) is 5.73 Å². The number of halogens is 4. The Balaban J connectivity index is 3.27. The highest BCUT2D eigenvalue weighted by Crippen LogP contribution is 2.25. The Morgan fingerprint density at radius 3 is 2.33 bits per heavy atom. The summed E-state index contributed by atoms with van der Waals surface area (Å²) in [6, 6.07) is 2.13. The summed E-state index contributed by atoms with van der Waals surface area (Å²) < 4.78 is 71.7. The van der Waals surface area contributed by atoms with E-state index in [9.17, 15) is 31.1 Å². The second-order valence-corrected chi connectivity index (χ2v) is 4.64. The van der Waals surface area contributed by atoms with Gasteiger partial charge < -0.3 is 10.8 Å². The van der Waals surface area contributed by atoms with E-state index in [1.807, 2.05) is 4.40 Å². The maximum absolute atomic E-state index is 12.6. The van der Waals surface area contributed by atoms with Crippen molar-refractivity contribution in [2.24, 2.45) is 4.40 Å². The Morgan fingerprint density at radius 1 is 1.33 bits per heavy atom. The predicted octanol–water partition coefficient (Wildman–Crippen LogP) is 0.364. The van der Waals surface area contributed by atoms with E-state index in [1.165, 1.54) is 0 Å². The minimum Gasteiger partial charge on any atom is -0.858 e. The van der Waals surface area contributed by atoms with E-state index in [0.717, 1.165) is 12.1 Å². The first-order chi connectivity index (χ1) is 8.04. The molecule has 0 aliphatic heterocycles. The highest BCUT2D eigenvalue weighted by atomic mass is 32.2. The molecule has 1 aromatic rings. The first kappa shape index (κ1) is 14.2. The Labute approximate surface area is 98.6 Å². The lowest BCUT2D eigenvalue weighted by atomic mass is 10.2. The van der Waals surface area contributed by atoms with Crippen molar-refractivity contribution in [2.45, 2.75) is 5.51 Å². The zero-order valence-electron chi connectivity index (χ0n) is 8.40. The molecule has 0 amide bonds. The molecule has 0 aromatic heterocycles. The fourth-order valence-corrected chi connectivity index (χ4v) is 1.36. The Kier molecular flexibility index (Phi) is 3.51. The average Bonchev–Trinajstić information content (AvgIpc) is 2.14. The molecule has 1 rings (SSSR count). The van der Waals surface area contributed by atoms with Crippen LogP contribution in [0.3, 0.4) is 0 Å². The summed E-state index contributed by atoms with van der Waals surface area (Å²) >= 11 is 0. The molecule has 0 aliphatic carbocycles. The molecule has 0 bridgehead atoms. The largest absolute Gasteiger partial charge is 0.858 e. The maximum atomic E-state index is 12.6. The molecule has 0 unspecified atom stereocenters. The van der Waals surface area contributed by atoms with Crippen molar-refractivity contribution in [3.63, 3.8) is 0 Å². The average molecular weight is 285 g/mol. The van der Waals surface area contributed by atoms with Crippen LogP contribution in [0.4, 0.5) is 23.2 Å². The number of hydrogen-bond acceptors (Lipinski definition) is 4. The van der Waals surface area contributed by atoms with Crippen molar-refractivity contribution in [1.82, 2.24) is 0 Å². The van der Waals surface area contributed by atoms with Crippen molar-refractivity contribution in [3.8, 4) is 0 Å². The van der Waals surface area contributed by atoms with E-state index < -0.39 is 38.5 Å². The number of nitrogens with two attached hydrogens (primary N) is 1. The van der Waals surface area contributed by atoms with Crippen molar-refractivity contribution in [2.75, 3.05) is 5.73 Å². The van der Waals surface area contributed by atoms with Gasteiger partial charge >= 0.3 is 15.5 Å². The van der Waals surface area contributed by atoms with Gasteiger partial charge in [0.1, 0.15) is 5.82 Å². The van der Waals surface area contributed by atoms with Gasteiger partial charge in [-0.1, -0.05) is 0 Å². The van der Waals surface area contributed by atoms with Gasteiger partial charge in [0.15, 0.2) is 0 Å². The normalized spacial score (nSPS) is 13.7. The van der Waals surface area contributed by atoms with E-state index in [2.05, 4.69) is 0 Å². The fraction of sp³-hybridized carbons (Fsp3) is 0.125. The molecular weight excluding hydrogens is 280 g/mol. The molecule has 0 saturated carbocycles. The van der Waals surface area contributed by atoms with Crippen LogP contribution in [0.15, 0.2) is 22.6 Å². The number of rotatable bonds is 2. The molecule has 0 saturated heterocycles. The molecule has 18 heavy (non-hydrogen) atoms. The maximum Gasteiger partial charge on any atom is 0.518 e. The lowest BCUT2D eigenvalue weighted by Gasteiger charge is -2.13. The van der Waals surface area contributed by atoms with Crippen LogP contribution < -0.4 is 10.8 Å². The third kappa shape index (κ3) is 2.88. The minimum atomic E-state index is -5.95. The third-order valence-corrected chi connectivity index (χ3v) is 2.73. The van der Waals surface area contributed by atoms with Gasteiger partial charge in [-0.3, -0.25) is 0 Å². The molecular formula is C8H5F4N2O3S-. The Hall–Kier alpha value is -1.84. The SMILES string of the molecule is Nc1cc(F)ccc1/C([O-])=N/S(=O)(=O)C(F)(F)F. The van der Waals surface area contributed by atoms with E-state index >= 15 is 0 Å². The summed E-state index contributed by atoms with van der Waals surface area (Å²) in [5, 5.41) is 11.2. The second-order valence-electron chi connectivity index (χ2n) is 3.05. The molecule has 2 N–H and O–H groups in total. The van der Waals surface area contributed by atoms with Crippen LogP contribution in [0.1, 0.15) is 5.56 Å². The first-order valence-electron chi connectivity index (χ1n) is 4.18. The summed E-state index contributed by atoms with van der Waals surface area (Å²) in [6.45, 7) is 0. The third-order valence-electron chi connectivity index (χ3n) is 1.74. The highest BCUT2D eigenvalue weighted by molar-refractivity contribution is 7.91. The van der Waals surface area contributed by atoms with Crippen LogP contribution >= 0.6 is 0 Å². The summed E-state index contributed by atoms with van der Waals surface area (Å²) in [6.07, 6.45) is 0. The predicted molar refractivity (Wildman–Crippen MR) is 52.3 cm³/mol. The zero-order chi connectivity index (χ0) is 14.1. The Morgan fingerprint density at radius 2 is 1.89 bits per heavy atom. The van der Waals surface area contributed by atoms with Gasteiger partial charge in [-0.25, -0.2) is 4.39 Å². The number of alkyl halides is 3. The zero-order valence-corrected chi connectivity index (χ0v) is 9.22. The molecule has 0 radical (unpaired) electrons. The number of hydrogen-bond donors (Lipinski definition) is 1. The molecule has 0 aliphatic rings. The van der Waals surface area contributed by atoms with Gasteiger partial charge in [0.25, 0.3) is 0 Å². The van der Waals surface area contributed by atoms with Gasteiger partial charge in [0.2, 0.25) is 0 Å². The monoisotopic (exact) mass is 285 g/mol. The Bertz CT molecular complexity index is 595. The number of nitrogens with zero attached hydrogens (tertiary/aromatic N) is 1. The van der Waals surface area contributed by atoms with Crippen LogP contribution in [0.2, 0.25) is 0 Å². The standard InChI is InChI=1S/C8H6F4N2O3S/c9-4-1-2-5(6(13)3-4)7(15)14-18(16,17)8(10,11)12/h1-3H,13H2,(H,14,15)/p-1. The highest BCUT2D eigenvalue weighted by Gasteiger charge is 2.45.